The number of benzene rings is 2. The summed E-state index contributed by atoms with van der Waals surface area (Å²) in [5, 5.41) is 11.2. The molecule has 4 nitrogen and oxygen atoms in total. The summed E-state index contributed by atoms with van der Waals surface area (Å²) in [7, 11) is 0. The zero-order chi connectivity index (χ0) is 26.0. The number of piperidine rings is 1. The lowest BCUT2D eigenvalue weighted by molar-refractivity contribution is -0.275. The van der Waals surface area contributed by atoms with Gasteiger partial charge in [0.05, 0.1) is 18.3 Å². The highest BCUT2D eigenvalue weighted by molar-refractivity contribution is 5.42. The molecule has 0 amide bonds. The van der Waals surface area contributed by atoms with E-state index in [2.05, 4.69) is 9.64 Å². The lowest BCUT2D eigenvalue weighted by Gasteiger charge is -2.48. The van der Waals surface area contributed by atoms with Gasteiger partial charge in [0.15, 0.2) is 0 Å². The van der Waals surface area contributed by atoms with E-state index in [0.717, 1.165) is 37.9 Å². The third kappa shape index (κ3) is 6.26. The normalized spacial score (nSPS) is 21.5. The van der Waals surface area contributed by atoms with Crippen LogP contribution < -0.4 is 9.47 Å². The summed E-state index contributed by atoms with van der Waals surface area (Å²) < 4.78 is 87.1. The molecule has 0 unspecified atom stereocenters. The molecular formula is C26H29F6NO3. The van der Waals surface area contributed by atoms with Crippen LogP contribution >= 0.6 is 0 Å². The van der Waals surface area contributed by atoms with Gasteiger partial charge in [0, 0.05) is 30.0 Å². The second-order valence-electron chi connectivity index (χ2n) is 9.67. The number of β-amino-alcohol motifs (C(OH)–C–C–N with tert-alkyl or cyclic N) is 1. The number of ether oxygens (including phenoxy) is 2. The van der Waals surface area contributed by atoms with Crippen LogP contribution in [0.25, 0.3) is 0 Å². The van der Waals surface area contributed by atoms with E-state index in [4.69, 9.17) is 4.74 Å². The van der Waals surface area contributed by atoms with Crippen LogP contribution in [0.5, 0.6) is 11.5 Å². The molecule has 2 aromatic rings. The first-order valence-corrected chi connectivity index (χ1v) is 12.0. The molecule has 0 spiro atoms. The smallest absolute Gasteiger partial charge is 0.493 e. The van der Waals surface area contributed by atoms with Gasteiger partial charge in [0.25, 0.3) is 0 Å². The minimum absolute atomic E-state index is 0.117. The molecule has 1 heterocycles. The lowest BCUT2D eigenvalue weighted by Crippen LogP contribution is -2.52. The molecule has 2 aromatic carbocycles. The number of hydrogen-bond acceptors (Lipinski definition) is 4. The number of halogens is 6. The minimum Gasteiger partial charge on any atom is -0.493 e. The Morgan fingerprint density at radius 3 is 2.28 bits per heavy atom. The Kier molecular flexibility index (Phi) is 7.75. The van der Waals surface area contributed by atoms with Crippen molar-refractivity contribution in [2.24, 2.45) is 5.92 Å². The van der Waals surface area contributed by atoms with Gasteiger partial charge in [-0.1, -0.05) is 24.6 Å². The molecule has 1 saturated heterocycles. The van der Waals surface area contributed by atoms with Crippen molar-refractivity contribution in [1.29, 1.82) is 0 Å². The van der Waals surface area contributed by atoms with Gasteiger partial charge in [-0.3, -0.25) is 0 Å². The molecule has 4 rings (SSSR count). The van der Waals surface area contributed by atoms with Crippen LogP contribution in [0.2, 0.25) is 0 Å². The Balaban J connectivity index is 1.37. The fourth-order valence-corrected chi connectivity index (χ4v) is 5.26. The first-order chi connectivity index (χ1) is 17.0. The van der Waals surface area contributed by atoms with Crippen LogP contribution in [0.3, 0.4) is 0 Å². The van der Waals surface area contributed by atoms with Crippen molar-refractivity contribution in [3.8, 4) is 11.5 Å². The first kappa shape index (κ1) is 26.6. The quantitative estimate of drug-likeness (QED) is 0.425. The highest BCUT2D eigenvalue weighted by Gasteiger charge is 2.48. The van der Waals surface area contributed by atoms with Gasteiger partial charge in [-0.15, -0.1) is 13.2 Å². The summed E-state index contributed by atoms with van der Waals surface area (Å²) in [5.74, 6) is 0.200. The zero-order valence-corrected chi connectivity index (χ0v) is 19.6. The van der Waals surface area contributed by atoms with Crippen LogP contribution in [0.1, 0.15) is 43.2 Å². The molecule has 36 heavy (non-hydrogen) atoms. The zero-order valence-electron chi connectivity index (χ0n) is 19.6. The maximum Gasteiger partial charge on any atom is 0.573 e. The van der Waals surface area contributed by atoms with Crippen molar-refractivity contribution in [2.75, 3.05) is 26.2 Å². The fraction of sp³-hybridized carbons (Fsp3) is 0.538. The van der Waals surface area contributed by atoms with Crippen molar-refractivity contribution in [2.45, 2.75) is 56.2 Å². The Hall–Kier alpha value is -2.46. The van der Waals surface area contributed by atoms with E-state index in [0.29, 0.717) is 43.9 Å². The largest absolute Gasteiger partial charge is 0.573 e. The van der Waals surface area contributed by atoms with Crippen LogP contribution in [0.15, 0.2) is 48.5 Å². The summed E-state index contributed by atoms with van der Waals surface area (Å²) >= 11 is 0. The van der Waals surface area contributed by atoms with Gasteiger partial charge in [0.1, 0.15) is 11.5 Å². The topological polar surface area (TPSA) is 41.9 Å². The monoisotopic (exact) mass is 517 g/mol. The molecule has 2 aliphatic rings. The molecule has 1 N–H and O–H groups in total. The standard InChI is InChI=1S/C26H29F6NO3/c27-25(28,29)19-8-10-20(11-9-19)35-17-18-5-3-14-33(15-18)16-23(34)24(12-4-13-24)21-6-1-2-7-22(21)36-26(30,31)32/h1-2,6-11,18,23,34H,3-5,12-17H2/t18-,23+/m1/s1. The molecule has 1 aliphatic carbocycles. The average molecular weight is 518 g/mol. The fourth-order valence-electron chi connectivity index (χ4n) is 5.26. The number of para-hydroxylation sites is 1. The van der Waals surface area contributed by atoms with E-state index in [-0.39, 0.29) is 11.7 Å². The van der Waals surface area contributed by atoms with E-state index in [9.17, 15) is 31.4 Å². The number of nitrogens with zero attached hydrogens (tertiary/aromatic N) is 1. The Labute approximate surface area is 205 Å². The van der Waals surface area contributed by atoms with Gasteiger partial charge >= 0.3 is 12.5 Å². The maximum absolute atomic E-state index is 13.0. The summed E-state index contributed by atoms with van der Waals surface area (Å²) in [6.45, 7) is 1.99. The Bertz CT molecular complexity index is 1000. The second kappa shape index (κ2) is 10.5. The molecule has 1 aliphatic heterocycles. The molecule has 0 aromatic heterocycles. The van der Waals surface area contributed by atoms with Gasteiger partial charge in [-0.25, -0.2) is 0 Å². The second-order valence-corrected chi connectivity index (χ2v) is 9.67. The predicted molar refractivity (Wildman–Crippen MR) is 121 cm³/mol. The first-order valence-electron chi connectivity index (χ1n) is 12.0. The van der Waals surface area contributed by atoms with Crippen LogP contribution in [0, 0.1) is 5.92 Å². The summed E-state index contributed by atoms with van der Waals surface area (Å²) in [5.41, 5.74) is -1.16. The third-order valence-electron chi connectivity index (χ3n) is 7.23. The van der Waals surface area contributed by atoms with Gasteiger partial charge in [0.2, 0.25) is 0 Å². The highest BCUT2D eigenvalue weighted by Crippen LogP contribution is 2.50. The minimum atomic E-state index is -4.82. The van der Waals surface area contributed by atoms with Gasteiger partial charge in [-0.2, -0.15) is 13.2 Å². The molecule has 0 radical (unpaired) electrons. The van der Waals surface area contributed by atoms with Crippen molar-refractivity contribution in [1.82, 2.24) is 4.90 Å². The van der Waals surface area contributed by atoms with Gasteiger partial charge in [-0.05, 0) is 62.6 Å². The van der Waals surface area contributed by atoms with Crippen LogP contribution in [0.4, 0.5) is 26.3 Å². The number of alkyl halides is 6. The Morgan fingerprint density at radius 2 is 1.67 bits per heavy atom. The summed E-state index contributed by atoms with van der Waals surface area (Å²) in [6.07, 6.45) is -6.42. The SMILES string of the molecule is O[C@@H](CN1CCC[C@@H](COc2ccc(C(F)(F)F)cc2)C1)C1(c2ccccc2OC(F)(F)F)CCC1. The molecule has 10 heteroatoms. The molecule has 0 bridgehead atoms. The van der Waals surface area contributed by atoms with E-state index >= 15 is 0 Å². The van der Waals surface area contributed by atoms with Crippen molar-refractivity contribution in [3.05, 3.63) is 59.7 Å². The predicted octanol–water partition coefficient (Wildman–Crippen LogP) is 6.18. The maximum atomic E-state index is 13.0. The number of hydrogen-bond donors (Lipinski definition) is 1. The number of aliphatic hydroxyl groups is 1. The molecule has 198 valence electrons. The lowest BCUT2D eigenvalue weighted by atomic mass is 9.60. The average Bonchev–Trinajstić information content (AvgIpc) is 2.77. The van der Waals surface area contributed by atoms with E-state index in [1.807, 2.05) is 0 Å². The number of rotatable bonds is 8. The highest BCUT2D eigenvalue weighted by atomic mass is 19.4. The molecule has 2 fully saturated rings. The summed E-state index contributed by atoms with van der Waals surface area (Å²) in [6, 6.07) is 10.6. The van der Waals surface area contributed by atoms with Crippen LogP contribution in [-0.4, -0.2) is 48.7 Å². The third-order valence-corrected chi connectivity index (χ3v) is 7.23. The molecule has 2 atom stereocenters. The van der Waals surface area contributed by atoms with Crippen molar-refractivity contribution >= 4 is 0 Å². The Morgan fingerprint density at radius 1 is 0.972 bits per heavy atom. The van der Waals surface area contributed by atoms with E-state index in [1.54, 1.807) is 12.1 Å². The van der Waals surface area contributed by atoms with Crippen molar-refractivity contribution < 1.29 is 40.9 Å². The van der Waals surface area contributed by atoms with Crippen LogP contribution in [-0.2, 0) is 11.6 Å². The van der Waals surface area contributed by atoms with E-state index < -0.39 is 29.6 Å². The number of likely N-dealkylation sites (tertiary alicyclic amines) is 1. The summed E-state index contributed by atoms with van der Waals surface area (Å²) in [4.78, 5) is 2.09. The molecular weight excluding hydrogens is 488 g/mol. The van der Waals surface area contributed by atoms with Crippen molar-refractivity contribution in [3.63, 3.8) is 0 Å². The molecule has 1 saturated carbocycles. The van der Waals surface area contributed by atoms with Gasteiger partial charge < -0.3 is 19.5 Å². The number of aliphatic hydroxyl groups excluding tert-OH is 1. The van der Waals surface area contributed by atoms with E-state index in [1.165, 1.54) is 24.3 Å².